The number of sulfonamides is 1. The Morgan fingerprint density at radius 3 is 2.45 bits per heavy atom. The number of amides is 1. The van der Waals surface area contributed by atoms with E-state index in [4.69, 9.17) is 16.3 Å². The molecule has 0 N–H and O–H groups in total. The van der Waals surface area contributed by atoms with Crippen LogP contribution in [0.15, 0.2) is 53.4 Å². The minimum Gasteiger partial charge on any atom is -0.490 e. The molecule has 5 nitrogen and oxygen atoms in total. The molecular weight excluding hydrogens is 326 g/mol. The number of benzene rings is 2. The molecule has 0 spiro atoms. The van der Waals surface area contributed by atoms with Crippen molar-refractivity contribution in [2.24, 2.45) is 0 Å². The molecule has 0 bridgehead atoms. The first-order chi connectivity index (χ1) is 10.5. The maximum atomic E-state index is 12.3. The standard InChI is InChI=1S/C15H12ClNO4S/c16-12-6-2-3-7-13(12)21-10-9-17-15(18)11-5-1-4-8-14(11)22(17,19)20/h1-8H,9-10H2. The van der Waals surface area contributed by atoms with E-state index in [-0.39, 0.29) is 23.6 Å². The number of carbonyl (C=O) groups is 1. The van der Waals surface area contributed by atoms with Crippen molar-refractivity contribution in [3.05, 3.63) is 59.1 Å². The molecule has 2 aromatic carbocycles. The van der Waals surface area contributed by atoms with E-state index in [1.165, 1.54) is 12.1 Å². The number of fused-ring (bicyclic) bond motifs is 1. The lowest BCUT2D eigenvalue weighted by atomic mass is 10.2. The molecule has 22 heavy (non-hydrogen) atoms. The molecule has 2 aromatic rings. The van der Waals surface area contributed by atoms with Gasteiger partial charge in [-0.2, -0.15) is 0 Å². The molecule has 0 aromatic heterocycles. The predicted octanol–water partition coefficient (Wildman–Crippen LogP) is 2.56. The van der Waals surface area contributed by atoms with Crippen molar-refractivity contribution >= 4 is 27.5 Å². The van der Waals surface area contributed by atoms with Gasteiger partial charge in [0.25, 0.3) is 15.9 Å². The number of nitrogens with zero attached hydrogens (tertiary/aromatic N) is 1. The Morgan fingerprint density at radius 1 is 1.05 bits per heavy atom. The van der Waals surface area contributed by atoms with Crippen LogP contribution in [0.5, 0.6) is 5.75 Å². The van der Waals surface area contributed by atoms with Crippen LogP contribution in [0.25, 0.3) is 0 Å². The van der Waals surface area contributed by atoms with Crippen molar-refractivity contribution in [1.82, 2.24) is 4.31 Å². The summed E-state index contributed by atoms with van der Waals surface area (Å²) >= 11 is 5.95. The number of hydrogen-bond acceptors (Lipinski definition) is 4. The molecule has 1 amide bonds. The van der Waals surface area contributed by atoms with Crippen LogP contribution in [-0.2, 0) is 10.0 Å². The van der Waals surface area contributed by atoms with Crippen LogP contribution < -0.4 is 4.74 Å². The number of carbonyl (C=O) groups excluding carboxylic acids is 1. The molecule has 0 radical (unpaired) electrons. The van der Waals surface area contributed by atoms with E-state index in [1.54, 1.807) is 36.4 Å². The van der Waals surface area contributed by atoms with Crippen molar-refractivity contribution in [2.45, 2.75) is 4.90 Å². The zero-order chi connectivity index (χ0) is 15.7. The Morgan fingerprint density at radius 2 is 1.73 bits per heavy atom. The SMILES string of the molecule is O=C1c2ccccc2S(=O)(=O)N1CCOc1ccccc1Cl. The Bertz CT molecular complexity index is 835. The molecule has 1 aliphatic rings. The summed E-state index contributed by atoms with van der Waals surface area (Å²) in [6.07, 6.45) is 0. The fourth-order valence-electron chi connectivity index (χ4n) is 2.25. The smallest absolute Gasteiger partial charge is 0.269 e. The summed E-state index contributed by atoms with van der Waals surface area (Å²) in [6.45, 7) is -0.0379. The number of hydrogen-bond donors (Lipinski definition) is 0. The van der Waals surface area contributed by atoms with Gasteiger partial charge in [-0.25, -0.2) is 12.7 Å². The van der Waals surface area contributed by atoms with Gasteiger partial charge in [-0.05, 0) is 24.3 Å². The highest BCUT2D eigenvalue weighted by atomic mass is 35.5. The monoisotopic (exact) mass is 337 g/mol. The number of para-hydroxylation sites is 1. The van der Waals surface area contributed by atoms with Crippen molar-refractivity contribution in [1.29, 1.82) is 0 Å². The van der Waals surface area contributed by atoms with Gasteiger partial charge in [0, 0.05) is 0 Å². The van der Waals surface area contributed by atoms with E-state index < -0.39 is 15.9 Å². The summed E-state index contributed by atoms with van der Waals surface area (Å²) in [5.41, 5.74) is 0.195. The van der Waals surface area contributed by atoms with Gasteiger partial charge in [-0.15, -0.1) is 0 Å². The van der Waals surface area contributed by atoms with Gasteiger partial charge < -0.3 is 4.74 Å². The summed E-state index contributed by atoms with van der Waals surface area (Å²) in [4.78, 5) is 12.2. The van der Waals surface area contributed by atoms with Gasteiger partial charge in [-0.3, -0.25) is 4.79 Å². The van der Waals surface area contributed by atoms with Crippen LogP contribution in [0.1, 0.15) is 10.4 Å². The highest BCUT2D eigenvalue weighted by molar-refractivity contribution is 7.90. The quantitative estimate of drug-likeness (QED) is 0.860. The largest absolute Gasteiger partial charge is 0.490 e. The fourth-order valence-corrected chi connectivity index (χ4v) is 4.00. The van der Waals surface area contributed by atoms with Crippen LogP contribution in [0.2, 0.25) is 5.02 Å². The van der Waals surface area contributed by atoms with E-state index in [1.807, 2.05) is 0 Å². The van der Waals surface area contributed by atoms with Crippen LogP contribution in [0, 0.1) is 0 Å². The van der Waals surface area contributed by atoms with E-state index in [2.05, 4.69) is 0 Å². The first kappa shape index (κ1) is 14.9. The normalized spacial score (nSPS) is 15.7. The average molecular weight is 338 g/mol. The second-order valence-electron chi connectivity index (χ2n) is 4.66. The molecule has 3 rings (SSSR count). The molecule has 1 aliphatic heterocycles. The zero-order valence-electron chi connectivity index (χ0n) is 11.4. The molecule has 7 heteroatoms. The first-order valence-electron chi connectivity index (χ1n) is 6.55. The van der Waals surface area contributed by atoms with Gasteiger partial charge in [-0.1, -0.05) is 35.9 Å². The summed E-state index contributed by atoms with van der Waals surface area (Å²) in [5.74, 6) is -0.0796. The summed E-state index contributed by atoms with van der Waals surface area (Å²) in [7, 11) is -3.79. The third-order valence-corrected chi connectivity index (χ3v) is 5.45. The predicted molar refractivity (Wildman–Crippen MR) is 81.6 cm³/mol. The molecule has 1 heterocycles. The third-order valence-electron chi connectivity index (χ3n) is 3.30. The van der Waals surface area contributed by atoms with Gasteiger partial charge in [0.1, 0.15) is 17.3 Å². The maximum absolute atomic E-state index is 12.3. The summed E-state index contributed by atoms with van der Waals surface area (Å²) in [5, 5.41) is 0.432. The lowest BCUT2D eigenvalue weighted by Crippen LogP contribution is -2.33. The third kappa shape index (κ3) is 2.44. The van der Waals surface area contributed by atoms with Crippen LogP contribution in [-0.4, -0.2) is 31.8 Å². The number of ether oxygens (including phenoxy) is 1. The molecule has 0 atom stereocenters. The molecule has 0 fully saturated rings. The molecule has 0 aliphatic carbocycles. The molecule has 0 saturated carbocycles. The van der Waals surface area contributed by atoms with Crippen molar-refractivity contribution in [2.75, 3.05) is 13.2 Å². The van der Waals surface area contributed by atoms with E-state index in [0.717, 1.165) is 4.31 Å². The highest BCUT2D eigenvalue weighted by Crippen LogP contribution is 2.30. The fraction of sp³-hybridized carbons (Fsp3) is 0.133. The number of halogens is 1. The van der Waals surface area contributed by atoms with E-state index >= 15 is 0 Å². The zero-order valence-corrected chi connectivity index (χ0v) is 13.0. The Kier molecular flexibility index (Phi) is 3.80. The van der Waals surface area contributed by atoms with Gasteiger partial charge >= 0.3 is 0 Å². The second kappa shape index (κ2) is 5.62. The topological polar surface area (TPSA) is 63.7 Å². The minimum atomic E-state index is -3.79. The lowest BCUT2D eigenvalue weighted by molar-refractivity contribution is 0.0857. The number of rotatable bonds is 4. The minimum absolute atomic E-state index is 0.0304. The Hall–Kier alpha value is -2.05. The van der Waals surface area contributed by atoms with Gasteiger partial charge in [0.2, 0.25) is 0 Å². The van der Waals surface area contributed by atoms with Crippen molar-refractivity contribution in [3.8, 4) is 5.75 Å². The summed E-state index contributed by atoms with van der Waals surface area (Å²) in [6, 6.07) is 13.0. The second-order valence-corrected chi connectivity index (χ2v) is 6.90. The molecule has 114 valence electrons. The summed E-state index contributed by atoms with van der Waals surface area (Å²) < 4.78 is 30.9. The molecular formula is C15H12ClNO4S. The van der Waals surface area contributed by atoms with Gasteiger partial charge in [0.15, 0.2) is 0 Å². The lowest BCUT2D eigenvalue weighted by Gasteiger charge is -2.15. The molecule has 0 saturated heterocycles. The van der Waals surface area contributed by atoms with E-state index in [9.17, 15) is 13.2 Å². The highest BCUT2D eigenvalue weighted by Gasteiger charge is 2.40. The van der Waals surface area contributed by atoms with E-state index in [0.29, 0.717) is 10.8 Å². The van der Waals surface area contributed by atoms with Crippen LogP contribution in [0.3, 0.4) is 0 Å². The van der Waals surface area contributed by atoms with Crippen molar-refractivity contribution in [3.63, 3.8) is 0 Å². The van der Waals surface area contributed by atoms with Crippen LogP contribution in [0.4, 0.5) is 0 Å². The first-order valence-corrected chi connectivity index (χ1v) is 8.37. The Balaban J connectivity index is 1.75. The van der Waals surface area contributed by atoms with Crippen LogP contribution >= 0.6 is 11.6 Å². The molecule has 0 unspecified atom stereocenters. The van der Waals surface area contributed by atoms with Crippen molar-refractivity contribution < 1.29 is 17.9 Å². The maximum Gasteiger partial charge on any atom is 0.269 e. The average Bonchev–Trinajstić information content (AvgIpc) is 2.70. The Labute approximate surface area is 133 Å². The van der Waals surface area contributed by atoms with Gasteiger partial charge in [0.05, 0.1) is 17.1 Å².